The average Bonchev–Trinajstić information content (AvgIpc) is 2.97. The van der Waals surface area contributed by atoms with Crippen LogP contribution in [-0.2, 0) is 13.0 Å². The van der Waals surface area contributed by atoms with Crippen LogP contribution in [0.4, 0.5) is 5.13 Å². The van der Waals surface area contributed by atoms with Crippen LogP contribution in [0.1, 0.15) is 30.3 Å². The van der Waals surface area contributed by atoms with E-state index in [1.54, 1.807) is 0 Å². The first kappa shape index (κ1) is 14.8. The van der Waals surface area contributed by atoms with Gasteiger partial charge in [-0.05, 0) is 39.9 Å². The quantitative estimate of drug-likeness (QED) is 0.864. The van der Waals surface area contributed by atoms with Gasteiger partial charge in [0.1, 0.15) is 0 Å². The van der Waals surface area contributed by atoms with E-state index in [0.29, 0.717) is 6.04 Å². The van der Waals surface area contributed by atoms with Crippen LogP contribution in [0.5, 0.6) is 0 Å². The van der Waals surface area contributed by atoms with E-state index in [2.05, 4.69) is 36.1 Å². The highest BCUT2D eigenvalue weighted by Crippen LogP contribution is 2.27. The molecule has 1 aliphatic rings. The fourth-order valence-corrected chi connectivity index (χ4v) is 3.84. The van der Waals surface area contributed by atoms with Crippen molar-refractivity contribution in [3.63, 3.8) is 0 Å². The molecule has 1 aromatic heterocycles. The summed E-state index contributed by atoms with van der Waals surface area (Å²) >= 11 is 1.84. The Bertz CT molecular complexity index is 404. The maximum absolute atomic E-state index is 4.80. The largest absolute Gasteiger partial charge is 0.350 e. The van der Waals surface area contributed by atoms with E-state index in [1.807, 2.05) is 18.4 Å². The van der Waals surface area contributed by atoms with Crippen LogP contribution >= 0.6 is 11.3 Å². The predicted octanol–water partition coefficient (Wildman–Crippen LogP) is 1.96. The smallest absolute Gasteiger partial charge is 0.185 e. The van der Waals surface area contributed by atoms with Crippen LogP contribution in [0.15, 0.2) is 0 Å². The van der Waals surface area contributed by atoms with Gasteiger partial charge >= 0.3 is 0 Å². The van der Waals surface area contributed by atoms with Crippen LogP contribution in [0.2, 0.25) is 0 Å². The molecule has 5 heteroatoms. The Morgan fingerprint density at radius 2 is 2.32 bits per heavy atom. The van der Waals surface area contributed by atoms with E-state index < -0.39 is 0 Å². The minimum atomic E-state index is 0.687. The summed E-state index contributed by atoms with van der Waals surface area (Å²) < 4.78 is 0. The van der Waals surface area contributed by atoms with E-state index in [-0.39, 0.29) is 0 Å². The van der Waals surface area contributed by atoms with Crippen molar-refractivity contribution in [2.75, 3.05) is 39.1 Å². The lowest BCUT2D eigenvalue weighted by atomic mass is 10.2. The maximum Gasteiger partial charge on any atom is 0.185 e. The van der Waals surface area contributed by atoms with E-state index in [9.17, 15) is 0 Å². The van der Waals surface area contributed by atoms with Crippen molar-refractivity contribution in [1.82, 2.24) is 15.2 Å². The molecular weight excluding hydrogens is 256 g/mol. The Labute approximate surface area is 120 Å². The standard InChI is InChI=1S/C14H26N4S/c1-5-12-13(9-15-2)19-14(16-12)18(4)10-11-7-6-8-17(11)3/h11,15H,5-10H2,1-4H3. The first-order chi connectivity index (χ1) is 9.15. The molecule has 0 amide bonds. The molecule has 1 saturated heterocycles. The second-order valence-corrected chi connectivity index (χ2v) is 6.47. The number of hydrogen-bond acceptors (Lipinski definition) is 5. The summed E-state index contributed by atoms with van der Waals surface area (Å²) in [6.07, 6.45) is 3.67. The molecule has 0 bridgehead atoms. The zero-order chi connectivity index (χ0) is 13.8. The molecule has 1 unspecified atom stereocenters. The van der Waals surface area contributed by atoms with Crippen LogP contribution < -0.4 is 10.2 Å². The zero-order valence-electron chi connectivity index (χ0n) is 12.6. The minimum Gasteiger partial charge on any atom is -0.350 e. The number of likely N-dealkylation sites (N-methyl/N-ethyl adjacent to an activating group) is 2. The monoisotopic (exact) mass is 282 g/mol. The minimum absolute atomic E-state index is 0.687. The third-order valence-corrected chi connectivity index (χ3v) is 5.13. The van der Waals surface area contributed by atoms with Gasteiger partial charge in [0.25, 0.3) is 0 Å². The van der Waals surface area contributed by atoms with Gasteiger partial charge in [0.15, 0.2) is 5.13 Å². The Morgan fingerprint density at radius 3 is 2.89 bits per heavy atom. The van der Waals surface area contributed by atoms with Gasteiger partial charge in [-0.3, -0.25) is 0 Å². The molecule has 108 valence electrons. The third-order valence-electron chi connectivity index (χ3n) is 3.92. The van der Waals surface area contributed by atoms with Crippen molar-refractivity contribution in [3.8, 4) is 0 Å². The number of nitrogens with zero attached hydrogens (tertiary/aromatic N) is 3. The van der Waals surface area contributed by atoms with Gasteiger partial charge in [0.2, 0.25) is 0 Å². The Balaban J connectivity index is 2.03. The molecule has 0 spiro atoms. The fourth-order valence-electron chi connectivity index (χ4n) is 2.71. The van der Waals surface area contributed by atoms with Crippen LogP contribution in [0, 0.1) is 0 Å². The van der Waals surface area contributed by atoms with Gasteiger partial charge < -0.3 is 15.1 Å². The number of thiazole rings is 1. The summed E-state index contributed by atoms with van der Waals surface area (Å²) in [6, 6.07) is 0.687. The highest BCUT2D eigenvalue weighted by atomic mass is 32.1. The highest BCUT2D eigenvalue weighted by Gasteiger charge is 2.23. The summed E-state index contributed by atoms with van der Waals surface area (Å²) in [7, 11) is 6.40. The number of hydrogen-bond donors (Lipinski definition) is 1. The summed E-state index contributed by atoms with van der Waals surface area (Å²) in [5.74, 6) is 0. The molecule has 1 aromatic rings. The van der Waals surface area contributed by atoms with E-state index in [1.165, 1.54) is 35.1 Å². The van der Waals surface area contributed by atoms with Crippen molar-refractivity contribution in [2.45, 2.75) is 38.8 Å². The molecule has 4 nitrogen and oxygen atoms in total. The van der Waals surface area contributed by atoms with Crippen molar-refractivity contribution in [2.24, 2.45) is 0 Å². The molecule has 0 aliphatic carbocycles. The summed E-state index contributed by atoms with van der Waals surface area (Å²) in [4.78, 5) is 11.0. The maximum atomic E-state index is 4.80. The molecule has 1 atom stereocenters. The van der Waals surface area contributed by atoms with Gasteiger partial charge in [0, 0.05) is 31.1 Å². The normalized spacial score (nSPS) is 20.1. The van der Waals surface area contributed by atoms with Gasteiger partial charge in [-0.1, -0.05) is 6.92 Å². The molecule has 1 N–H and O–H groups in total. The number of nitrogens with one attached hydrogen (secondary N) is 1. The number of aryl methyl sites for hydroxylation is 1. The second-order valence-electron chi connectivity index (χ2n) is 5.41. The molecule has 1 fully saturated rings. The fraction of sp³-hybridized carbons (Fsp3) is 0.786. The van der Waals surface area contributed by atoms with Crippen molar-refractivity contribution in [1.29, 1.82) is 0 Å². The number of rotatable bonds is 6. The van der Waals surface area contributed by atoms with Crippen molar-refractivity contribution < 1.29 is 0 Å². The van der Waals surface area contributed by atoms with Crippen LogP contribution in [-0.4, -0.2) is 50.2 Å². The number of anilines is 1. The highest BCUT2D eigenvalue weighted by molar-refractivity contribution is 7.15. The summed E-state index contributed by atoms with van der Waals surface area (Å²) in [6.45, 7) is 5.44. The van der Waals surface area contributed by atoms with E-state index in [4.69, 9.17) is 4.98 Å². The summed E-state index contributed by atoms with van der Waals surface area (Å²) in [5, 5.41) is 4.40. The van der Waals surface area contributed by atoms with Crippen LogP contribution in [0.3, 0.4) is 0 Å². The summed E-state index contributed by atoms with van der Waals surface area (Å²) in [5.41, 5.74) is 1.25. The van der Waals surface area contributed by atoms with E-state index >= 15 is 0 Å². The second kappa shape index (κ2) is 6.68. The Kier molecular flexibility index (Phi) is 5.19. The molecular formula is C14H26N4S. The number of likely N-dealkylation sites (tertiary alicyclic amines) is 1. The first-order valence-electron chi connectivity index (χ1n) is 7.20. The molecule has 2 rings (SSSR count). The average molecular weight is 282 g/mol. The molecule has 2 heterocycles. The molecule has 1 aliphatic heterocycles. The lowest BCUT2D eigenvalue weighted by molar-refractivity contribution is 0.314. The van der Waals surface area contributed by atoms with Gasteiger partial charge in [-0.25, -0.2) is 4.98 Å². The van der Waals surface area contributed by atoms with Gasteiger partial charge in [-0.2, -0.15) is 0 Å². The third kappa shape index (κ3) is 3.46. The Hall–Kier alpha value is -0.650. The van der Waals surface area contributed by atoms with Gasteiger partial charge in [-0.15, -0.1) is 11.3 Å². The van der Waals surface area contributed by atoms with E-state index in [0.717, 1.165) is 19.5 Å². The van der Waals surface area contributed by atoms with Crippen molar-refractivity contribution in [3.05, 3.63) is 10.6 Å². The lowest BCUT2D eigenvalue weighted by Gasteiger charge is -2.25. The molecule has 0 aromatic carbocycles. The Morgan fingerprint density at radius 1 is 1.53 bits per heavy atom. The SMILES string of the molecule is CCc1nc(N(C)CC2CCCN2C)sc1CNC. The lowest BCUT2D eigenvalue weighted by Crippen LogP contribution is -2.36. The zero-order valence-corrected chi connectivity index (χ0v) is 13.4. The van der Waals surface area contributed by atoms with Crippen molar-refractivity contribution >= 4 is 16.5 Å². The topological polar surface area (TPSA) is 31.4 Å². The first-order valence-corrected chi connectivity index (χ1v) is 8.01. The molecule has 19 heavy (non-hydrogen) atoms. The molecule has 0 radical (unpaired) electrons. The van der Waals surface area contributed by atoms with Gasteiger partial charge in [0.05, 0.1) is 5.69 Å². The number of aromatic nitrogens is 1. The predicted molar refractivity (Wildman–Crippen MR) is 83.2 cm³/mol. The molecule has 0 saturated carbocycles. The van der Waals surface area contributed by atoms with Crippen LogP contribution in [0.25, 0.3) is 0 Å².